The summed E-state index contributed by atoms with van der Waals surface area (Å²) in [6.45, 7) is 11.8. The van der Waals surface area contributed by atoms with Crippen LogP contribution in [0.1, 0.15) is 56.7 Å². The summed E-state index contributed by atoms with van der Waals surface area (Å²) in [7, 11) is 0. The second kappa shape index (κ2) is 8.33. The summed E-state index contributed by atoms with van der Waals surface area (Å²) >= 11 is 3.55. The fourth-order valence-electron chi connectivity index (χ4n) is 2.93. The first kappa shape index (κ1) is 21.3. The standard InChI is InChI=1S/C20H27BrN2O4/c1-7-26-18(24)16-10-14-8-9-15(21)13(3)17(14)23(16)12(2)11-22-19(25)27-20(4,5)6/h8-10,12H,7,11H2,1-6H3,(H,22,25). The quantitative estimate of drug-likeness (QED) is 0.668. The van der Waals surface area contributed by atoms with E-state index >= 15 is 0 Å². The molecule has 6 nitrogen and oxygen atoms in total. The molecule has 0 bridgehead atoms. The van der Waals surface area contributed by atoms with Crippen molar-refractivity contribution in [2.45, 2.75) is 53.2 Å². The van der Waals surface area contributed by atoms with Crippen molar-refractivity contribution < 1.29 is 19.1 Å². The van der Waals surface area contributed by atoms with Crippen molar-refractivity contribution in [1.29, 1.82) is 0 Å². The molecule has 1 aromatic heterocycles. The third-order valence-electron chi connectivity index (χ3n) is 4.05. The van der Waals surface area contributed by atoms with Crippen molar-refractivity contribution in [2.24, 2.45) is 0 Å². The molecule has 2 aromatic rings. The van der Waals surface area contributed by atoms with Gasteiger partial charge in [0, 0.05) is 22.4 Å². The zero-order chi connectivity index (χ0) is 20.4. The predicted octanol–water partition coefficient (Wildman–Crippen LogP) is 4.97. The van der Waals surface area contributed by atoms with Gasteiger partial charge in [0.25, 0.3) is 0 Å². The average molecular weight is 439 g/mol. The number of esters is 1. The van der Waals surface area contributed by atoms with E-state index in [1.54, 1.807) is 6.92 Å². The van der Waals surface area contributed by atoms with E-state index in [9.17, 15) is 9.59 Å². The number of aromatic nitrogens is 1. The summed E-state index contributed by atoms with van der Waals surface area (Å²) in [6.07, 6.45) is -0.485. The van der Waals surface area contributed by atoms with Gasteiger partial charge < -0.3 is 19.4 Å². The monoisotopic (exact) mass is 438 g/mol. The second-order valence-corrected chi connectivity index (χ2v) is 8.32. The number of ether oxygens (including phenoxy) is 2. The lowest BCUT2D eigenvalue weighted by atomic mass is 10.1. The Hall–Kier alpha value is -2.02. The molecule has 0 aliphatic heterocycles. The zero-order valence-electron chi connectivity index (χ0n) is 16.7. The maximum Gasteiger partial charge on any atom is 0.407 e. The first-order valence-corrected chi connectivity index (χ1v) is 9.78. The molecule has 0 saturated heterocycles. The second-order valence-electron chi connectivity index (χ2n) is 7.46. The molecule has 1 atom stereocenters. The van der Waals surface area contributed by atoms with Crippen LogP contribution in [0, 0.1) is 6.92 Å². The summed E-state index contributed by atoms with van der Waals surface area (Å²) in [5.74, 6) is -0.381. The Bertz CT molecular complexity index is 852. The van der Waals surface area contributed by atoms with Gasteiger partial charge in [-0.1, -0.05) is 22.0 Å². The molecule has 0 radical (unpaired) electrons. The molecule has 1 amide bonds. The molecule has 0 fully saturated rings. The lowest BCUT2D eigenvalue weighted by Gasteiger charge is -2.23. The van der Waals surface area contributed by atoms with Gasteiger partial charge in [0.1, 0.15) is 11.3 Å². The molecular weight excluding hydrogens is 412 g/mol. The van der Waals surface area contributed by atoms with Crippen LogP contribution in [0.3, 0.4) is 0 Å². The highest BCUT2D eigenvalue weighted by atomic mass is 79.9. The SMILES string of the molecule is CCOC(=O)c1cc2ccc(Br)c(C)c2n1C(C)CNC(=O)OC(C)(C)C. The molecule has 1 heterocycles. The highest BCUT2D eigenvalue weighted by molar-refractivity contribution is 9.10. The summed E-state index contributed by atoms with van der Waals surface area (Å²) in [5, 5.41) is 3.73. The number of halogens is 1. The minimum absolute atomic E-state index is 0.178. The zero-order valence-corrected chi connectivity index (χ0v) is 18.3. The summed E-state index contributed by atoms with van der Waals surface area (Å²) in [5.41, 5.74) is 1.86. The fourth-order valence-corrected chi connectivity index (χ4v) is 3.25. The number of hydrogen-bond donors (Lipinski definition) is 1. The van der Waals surface area contributed by atoms with Gasteiger partial charge in [-0.25, -0.2) is 9.59 Å². The number of nitrogens with one attached hydrogen (secondary N) is 1. The topological polar surface area (TPSA) is 69.6 Å². The predicted molar refractivity (Wildman–Crippen MR) is 109 cm³/mol. The number of benzene rings is 1. The van der Waals surface area contributed by atoms with Crippen molar-refractivity contribution in [3.05, 3.63) is 33.9 Å². The maximum absolute atomic E-state index is 12.5. The molecule has 0 aliphatic carbocycles. The number of carbonyl (C=O) groups is 2. The molecule has 148 valence electrons. The number of rotatable bonds is 5. The fraction of sp³-hybridized carbons (Fsp3) is 0.500. The Morgan fingerprint density at radius 3 is 2.56 bits per heavy atom. The van der Waals surface area contributed by atoms with Crippen molar-refractivity contribution in [3.8, 4) is 0 Å². The van der Waals surface area contributed by atoms with Crippen molar-refractivity contribution in [2.75, 3.05) is 13.2 Å². The number of alkyl carbamates (subject to hydrolysis) is 1. The summed E-state index contributed by atoms with van der Waals surface area (Å²) in [6, 6.07) is 5.57. The van der Waals surface area contributed by atoms with Gasteiger partial charge in [0.2, 0.25) is 0 Å². The summed E-state index contributed by atoms with van der Waals surface area (Å²) in [4.78, 5) is 24.5. The number of hydrogen-bond acceptors (Lipinski definition) is 4. The lowest BCUT2D eigenvalue weighted by molar-refractivity contribution is 0.0512. The van der Waals surface area contributed by atoms with Crippen molar-refractivity contribution >= 4 is 38.9 Å². The molecule has 27 heavy (non-hydrogen) atoms. The van der Waals surface area contributed by atoms with Gasteiger partial charge in [-0.15, -0.1) is 0 Å². The van der Waals surface area contributed by atoms with Crippen molar-refractivity contribution in [3.63, 3.8) is 0 Å². The van der Waals surface area contributed by atoms with E-state index in [1.165, 1.54) is 0 Å². The number of amides is 1. The molecule has 1 unspecified atom stereocenters. The van der Waals surface area contributed by atoms with Crippen LogP contribution in [0.5, 0.6) is 0 Å². The Morgan fingerprint density at radius 2 is 1.96 bits per heavy atom. The van der Waals surface area contributed by atoms with Crippen LogP contribution in [0.25, 0.3) is 10.9 Å². The Labute approximate surface area is 168 Å². The van der Waals surface area contributed by atoms with E-state index in [1.807, 2.05) is 57.4 Å². The van der Waals surface area contributed by atoms with Crippen LogP contribution in [0.2, 0.25) is 0 Å². The van der Waals surface area contributed by atoms with Crippen LogP contribution in [0.4, 0.5) is 4.79 Å². The normalized spacial score (nSPS) is 12.7. The minimum Gasteiger partial charge on any atom is -0.461 e. The highest BCUT2D eigenvalue weighted by Gasteiger charge is 2.23. The smallest absolute Gasteiger partial charge is 0.407 e. The van der Waals surface area contributed by atoms with E-state index in [0.717, 1.165) is 20.9 Å². The van der Waals surface area contributed by atoms with E-state index in [-0.39, 0.29) is 12.0 Å². The molecule has 0 aliphatic rings. The van der Waals surface area contributed by atoms with Crippen LogP contribution in [-0.4, -0.2) is 35.4 Å². The van der Waals surface area contributed by atoms with Gasteiger partial charge in [-0.2, -0.15) is 0 Å². The lowest BCUT2D eigenvalue weighted by Crippen LogP contribution is -2.35. The summed E-state index contributed by atoms with van der Waals surface area (Å²) < 4.78 is 13.4. The minimum atomic E-state index is -0.564. The van der Waals surface area contributed by atoms with E-state index in [0.29, 0.717) is 18.8 Å². The molecular formula is C20H27BrN2O4. The first-order chi connectivity index (χ1) is 12.5. The van der Waals surface area contributed by atoms with E-state index < -0.39 is 11.7 Å². The first-order valence-electron chi connectivity index (χ1n) is 8.99. The van der Waals surface area contributed by atoms with Crippen LogP contribution >= 0.6 is 15.9 Å². The maximum atomic E-state index is 12.5. The highest BCUT2D eigenvalue weighted by Crippen LogP contribution is 2.31. The number of nitrogens with zero attached hydrogens (tertiary/aromatic N) is 1. The van der Waals surface area contributed by atoms with Gasteiger partial charge in [-0.3, -0.25) is 0 Å². The molecule has 1 N–H and O–H groups in total. The largest absolute Gasteiger partial charge is 0.461 e. The van der Waals surface area contributed by atoms with Crippen molar-refractivity contribution in [1.82, 2.24) is 9.88 Å². The average Bonchev–Trinajstić information content (AvgIpc) is 2.95. The van der Waals surface area contributed by atoms with Gasteiger partial charge in [0.15, 0.2) is 0 Å². The Balaban J connectivity index is 2.39. The number of carbonyl (C=O) groups excluding carboxylic acids is 2. The van der Waals surface area contributed by atoms with Gasteiger partial charge in [0.05, 0.1) is 12.1 Å². The number of aryl methyl sites for hydroxylation is 1. The Morgan fingerprint density at radius 1 is 1.30 bits per heavy atom. The number of fused-ring (bicyclic) bond motifs is 1. The third kappa shape index (κ3) is 5.03. The van der Waals surface area contributed by atoms with Gasteiger partial charge in [-0.05, 0) is 59.2 Å². The van der Waals surface area contributed by atoms with Crippen LogP contribution < -0.4 is 5.32 Å². The van der Waals surface area contributed by atoms with Crippen LogP contribution in [0.15, 0.2) is 22.7 Å². The molecule has 1 aromatic carbocycles. The molecule has 7 heteroatoms. The van der Waals surface area contributed by atoms with E-state index in [2.05, 4.69) is 21.2 Å². The molecule has 2 rings (SSSR count). The molecule has 0 spiro atoms. The Kier molecular flexibility index (Phi) is 6.57. The van der Waals surface area contributed by atoms with Crippen LogP contribution in [-0.2, 0) is 9.47 Å². The van der Waals surface area contributed by atoms with Gasteiger partial charge >= 0.3 is 12.1 Å². The third-order valence-corrected chi connectivity index (χ3v) is 4.91. The molecule has 0 saturated carbocycles. The van der Waals surface area contributed by atoms with E-state index in [4.69, 9.17) is 9.47 Å².